The van der Waals surface area contributed by atoms with Crippen LogP contribution in [-0.4, -0.2) is 73.4 Å². The summed E-state index contributed by atoms with van der Waals surface area (Å²) in [6, 6.07) is 6.01. The molecule has 0 heterocycles. The maximum atomic E-state index is 12.1. The quantitative estimate of drug-likeness (QED) is 0.440. The SMILES string of the molecule is COc1cc(C=CC(=O)N[C@H]2CC[C@H](C)CC2)ccc1OCCN(C)C.O=C(O)/C=C\C(=O)O. The largest absolute Gasteiger partial charge is 0.493 e. The molecular formula is C25H36N2O7. The highest BCUT2D eigenvalue weighted by Gasteiger charge is 2.18. The van der Waals surface area contributed by atoms with Crippen molar-refractivity contribution in [3.63, 3.8) is 0 Å². The number of carbonyl (C=O) groups is 3. The van der Waals surface area contributed by atoms with Gasteiger partial charge in [-0.15, -0.1) is 0 Å². The maximum Gasteiger partial charge on any atom is 0.328 e. The highest BCUT2D eigenvalue weighted by atomic mass is 16.5. The van der Waals surface area contributed by atoms with Gasteiger partial charge < -0.3 is 29.9 Å². The molecule has 1 aliphatic rings. The Morgan fingerprint density at radius 3 is 2.18 bits per heavy atom. The minimum Gasteiger partial charge on any atom is -0.493 e. The van der Waals surface area contributed by atoms with Crippen molar-refractivity contribution in [3.8, 4) is 11.5 Å². The zero-order chi connectivity index (χ0) is 25.5. The van der Waals surface area contributed by atoms with E-state index in [0.29, 0.717) is 36.3 Å². The summed E-state index contributed by atoms with van der Waals surface area (Å²) in [6.45, 7) is 3.71. The van der Waals surface area contributed by atoms with Crippen LogP contribution in [0.1, 0.15) is 38.2 Å². The van der Waals surface area contributed by atoms with Gasteiger partial charge in [0.15, 0.2) is 11.5 Å². The van der Waals surface area contributed by atoms with E-state index >= 15 is 0 Å². The number of nitrogens with one attached hydrogen (secondary N) is 1. The minimum absolute atomic E-state index is 0.0326. The monoisotopic (exact) mass is 476 g/mol. The smallest absolute Gasteiger partial charge is 0.328 e. The number of rotatable bonds is 10. The molecule has 0 aliphatic heterocycles. The third-order valence-corrected chi connectivity index (χ3v) is 5.14. The third-order valence-electron chi connectivity index (χ3n) is 5.14. The van der Waals surface area contributed by atoms with E-state index in [1.165, 1.54) is 12.8 Å². The molecule has 9 nitrogen and oxygen atoms in total. The fraction of sp³-hybridized carbons (Fsp3) is 0.480. The zero-order valence-corrected chi connectivity index (χ0v) is 20.3. The Balaban J connectivity index is 0.000000620. The van der Waals surface area contributed by atoms with Crippen LogP contribution < -0.4 is 14.8 Å². The first kappa shape index (κ1) is 28.7. The van der Waals surface area contributed by atoms with E-state index in [9.17, 15) is 14.4 Å². The van der Waals surface area contributed by atoms with E-state index in [1.807, 2.05) is 38.4 Å². The predicted molar refractivity (Wildman–Crippen MR) is 130 cm³/mol. The molecule has 1 amide bonds. The minimum atomic E-state index is -1.26. The number of nitrogens with zero attached hydrogens (tertiary/aromatic N) is 1. The summed E-state index contributed by atoms with van der Waals surface area (Å²) in [5, 5.41) is 18.7. The molecule has 1 aromatic carbocycles. The van der Waals surface area contributed by atoms with Gasteiger partial charge in [-0.1, -0.05) is 13.0 Å². The number of hydrogen-bond acceptors (Lipinski definition) is 6. The average molecular weight is 477 g/mol. The number of carboxylic acid groups (broad SMARTS) is 2. The Morgan fingerprint density at radius 2 is 1.65 bits per heavy atom. The fourth-order valence-corrected chi connectivity index (χ4v) is 3.21. The third kappa shape index (κ3) is 12.6. The number of hydrogen-bond donors (Lipinski definition) is 3. The van der Waals surface area contributed by atoms with Crippen molar-refractivity contribution in [3.05, 3.63) is 42.0 Å². The van der Waals surface area contributed by atoms with Crippen molar-refractivity contribution >= 4 is 23.9 Å². The van der Waals surface area contributed by atoms with E-state index in [2.05, 4.69) is 17.1 Å². The summed E-state index contributed by atoms with van der Waals surface area (Å²) in [7, 11) is 5.64. The van der Waals surface area contributed by atoms with Gasteiger partial charge in [0.25, 0.3) is 0 Å². The molecule has 0 atom stereocenters. The second kappa shape index (κ2) is 15.5. The first-order valence-corrected chi connectivity index (χ1v) is 11.2. The van der Waals surface area contributed by atoms with Crippen molar-refractivity contribution in [2.24, 2.45) is 5.92 Å². The normalized spacial score (nSPS) is 17.8. The molecule has 34 heavy (non-hydrogen) atoms. The Morgan fingerprint density at radius 1 is 1.03 bits per heavy atom. The van der Waals surface area contributed by atoms with Gasteiger partial charge in [-0.2, -0.15) is 0 Å². The Labute approximate surface area is 201 Å². The predicted octanol–water partition coefficient (Wildman–Crippen LogP) is 3.06. The van der Waals surface area contributed by atoms with E-state index < -0.39 is 11.9 Å². The Bertz CT molecular complexity index is 841. The summed E-state index contributed by atoms with van der Waals surface area (Å²) in [5.41, 5.74) is 0.911. The van der Waals surface area contributed by atoms with Crippen LogP contribution in [0.15, 0.2) is 36.4 Å². The van der Waals surface area contributed by atoms with Gasteiger partial charge in [-0.25, -0.2) is 9.59 Å². The lowest BCUT2D eigenvalue weighted by atomic mass is 9.87. The molecule has 1 aromatic rings. The molecule has 1 aliphatic carbocycles. The molecule has 0 aromatic heterocycles. The summed E-state index contributed by atoms with van der Waals surface area (Å²) in [6.07, 6.45) is 9.07. The van der Waals surface area contributed by atoms with E-state index in [4.69, 9.17) is 19.7 Å². The number of carbonyl (C=O) groups excluding carboxylic acids is 1. The summed E-state index contributed by atoms with van der Waals surface area (Å²) < 4.78 is 11.2. The number of benzene rings is 1. The van der Waals surface area contributed by atoms with Gasteiger partial charge in [0, 0.05) is 30.8 Å². The first-order chi connectivity index (χ1) is 16.1. The second-order valence-corrected chi connectivity index (χ2v) is 8.37. The highest BCUT2D eigenvalue weighted by molar-refractivity contribution is 5.92. The number of ether oxygens (including phenoxy) is 2. The van der Waals surface area contributed by atoms with Crippen LogP contribution in [0.25, 0.3) is 6.08 Å². The van der Waals surface area contributed by atoms with E-state index in [1.54, 1.807) is 13.2 Å². The number of methoxy groups -OCH3 is 1. The van der Waals surface area contributed by atoms with Crippen molar-refractivity contribution < 1.29 is 34.1 Å². The summed E-state index contributed by atoms with van der Waals surface area (Å²) in [5.74, 6) is -0.376. The van der Waals surface area contributed by atoms with Gasteiger partial charge >= 0.3 is 11.9 Å². The van der Waals surface area contributed by atoms with Crippen molar-refractivity contribution in [1.82, 2.24) is 10.2 Å². The molecule has 1 saturated carbocycles. The van der Waals surface area contributed by atoms with Crippen molar-refractivity contribution in [2.45, 2.75) is 38.6 Å². The first-order valence-electron chi connectivity index (χ1n) is 11.2. The Hall–Kier alpha value is -3.33. The van der Waals surface area contributed by atoms with Crippen LogP contribution in [0.4, 0.5) is 0 Å². The van der Waals surface area contributed by atoms with Gasteiger partial charge in [-0.3, -0.25) is 4.79 Å². The molecule has 9 heteroatoms. The van der Waals surface area contributed by atoms with Crippen LogP contribution in [0, 0.1) is 5.92 Å². The van der Waals surface area contributed by atoms with Gasteiger partial charge in [0.2, 0.25) is 5.91 Å². The van der Waals surface area contributed by atoms with E-state index in [-0.39, 0.29) is 5.91 Å². The molecule has 2 rings (SSSR count). The second-order valence-electron chi connectivity index (χ2n) is 8.37. The number of amides is 1. The maximum absolute atomic E-state index is 12.1. The van der Waals surface area contributed by atoms with Crippen LogP contribution in [0.2, 0.25) is 0 Å². The van der Waals surface area contributed by atoms with Crippen molar-refractivity contribution in [2.75, 3.05) is 34.4 Å². The summed E-state index contributed by atoms with van der Waals surface area (Å²) >= 11 is 0. The number of aliphatic carboxylic acids is 2. The average Bonchev–Trinajstić information content (AvgIpc) is 2.78. The van der Waals surface area contributed by atoms with Crippen LogP contribution >= 0.6 is 0 Å². The number of carboxylic acids is 2. The number of likely N-dealkylation sites (N-methyl/N-ethyl adjacent to an activating group) is 1. The molecule has 0 spiro atoms. The molecule has 0 radical (unpaired) electrons. The molecule has 0 bridgehead atoms. The van der Waals surface area contributed by atoms with Crippen LogP contribution in [-0.2, 0) is 14.4 Å². The molecule has 1 fully saturated rings. The topological polar surface area (TPSA) is 125 Å². The summed E-state index contributed by atoms with van der Waals surface area (Å²) in [4.78, 5) is 33.3. The van der Waals surface area contributed by atoms with Crippen LogP contribution in [0.5, 0.6) is 11.5 Å². The van der Waals surface area contributed by atoms with E-state index in [0.717, 1.165) is 30.9 Å². The zero-order valence-electron chi connectivity index (χ0n) is 20.3. The highest BCUT2D eigenvalue weighted by Crippen LogP contribution is 2.28. The van der Waals surface area contributed by atoms with Crippen molar-refractivity contribution in [1.29, 1.82) is 0 Å². The Kier molecular flexibility index (Phi) is 13.1. The molecule has 188 valence electrons. The molecule has 3 N–H and O–H groups in total. The standard InChI is InChI=1S/C21H32N2O3.C4H4O4/c1-16-5-9-18(10-6-16)22-21(24)12-8-17-7-11-19(20(15-17)25-4)26-14-13-23(2)3;5-3(6)1-2-4(7)8/h7-8,11-12,15-16,18H,5-6,9-10,13-14H2,1-4H3,(H,22,24);1-2H,(H,5,6)(H,7,8)/b;2-1-/t16-,18-;. The van der Waals surface area contributed by atoms with Gasteiger partial charge in [-0.05, 0) is 69.5 Å². The lowest BCUT2D eigenvalue weighted by Crippen LogP contribution is -2.36. The van der Waals surface area contributed by atoms with Gasteiger partial charge in [0.05, 0.1) is 7.11 Å². The van der Waals surface area contributed by atoms with Gasteiger partial charge in [0.1, 0.15) is 6.61 Å². The lowest BCUT2D eigenvalue weighted by Gasteiger charge is -2.26. The van der Waals surface area contributed by atoms with Crippen LogP contribution in [0.3, 0.4) is 0 Å². The fourth-order valence-electron chi connectivity index (χ4n) is 3.21. The molecule has 0 saturated heterocycles. The molecular weight excluding hydrogens is 440 g/mol. The molecule has 0 unspecified atom stereocenters. The lowest BCUT2D eigenvalue weighted by molar-refractivity contribution is -0.134.